The molecule has 0 atom stereocenters. The summed E-state index contributed by atoms with van der Waals surface area (Å²) >= 11 is 17.7. The largest absolute Gasteiger partial charge is 0.376 e. The topological polar surface area (TPSA) is 38.3 Å². The fourth-order valence-electron chi connectivity index (χ4n) is 1.38. The molecule has 1 amide bonds. The average molecular weight is 317 g/mol. The van der Waals surface area contributed by atoms with Crippen LogP contribution in [0.4, 0.5) is 0 Å². The normalized spacial score (nSPS) is 10.1. The highest BCUT2D eigenvalue weighted by Gasteiger charge is 2.12. The molecule has 2 aromatic carbocycles. The van der Waals surface area contributed by atoms with E-state index in [-0.39, 0.29) is 5.75 Å². The van der Waals surface area contributed by atoms with Crippen LogP contribution in [0.5, 0.6) is 5.75 Å². The van der Waals surface area contributed by atoms with Gasteiger partial charge in [-0.25, -0.2) is 0 Å². The standard InChI is InChI=1S/C13H8Cl3NO2/c14-9-5-2-1-4-8(9)13(18)17-19-12-10(15)6-3-7-11(12)16/h1-7H,(H,17,18). The first-order valence-electron chi connectivity index (χ1n) is 5.25. The Morgan fingerprint density at radius 3 is 2.11 bits per heavy atom. The molecular weight excluding hydrogens is 309 g/mol. The van der Waals surface area contributed by atoms with Crippen LogP contribution in [0.2, 0.25) is 15.1 Å². The molecule has 0 saturated heterocycles. The minimum Gasteiger partial charge on any atom is -0.376 e. The number of rotatable bonds is 3. The second kappa shape index (κ2) is 6.15. The van der Waals surface area contributed by atoms with Gasteiger partial charge in [0.2, 0.25) is 0 Å². The van der Waals surface area contributed by atoms with Gasteiger partial charge in [0.1, 0.15) is 0 Å². The maximum atomic E-state index is 11.9. The SMILES string of the molecule is O=C(NOc1c(Cl)cccc1Cl)c1ccccc1Cl. The van der Waals surface area contributed by atoms with Gasteiger partial charge in [-0.3, -0.25) is 4.79 Å². The summed E-state index contributed by atoms with van der Waals surface area (Å²) in [5.74, 6) is -0.298. The Labute approximate surface area is 125 Å². The number of amides is 1. The lowest BCUT2D eigenvalue weighted by molar-refractivity contribution is 0.0760. The van der Waals surface area contributed by atoms with Gasteiger partial charge in [0.25, 0.3) is 5.91 Å². The van der Waals surface area contributed by atoms with Crippen LogP contribution in [0, 0.1) is 0 Å². The summed E-state index contributed by atoms with van der Waals surface area (Å²) in [6.45, 7) is 0. The van der Waals surface area contributed by atoms with E-state index >= 15 is 0 Å². The van der Waals surface area contributed by atoms with Crippen molar-refractivity contribution in [1.29, 1.82) is 0 Å². The summed E-state index contributed by atoms with van der Waals surface area (Å²) in [5.41, 5.74) is 2.54. The molecule has 0 radical (unpaired) electrons. The van der Waals surface area contributed by atoms with Crippen molar-refractivity contribution in [2.45, 2.75) is 0 Å². The second-order valence-corrected chi connectivity index (χ2v) is 4.79. The lowest BCUT2D eigenvalue weighted by Crippen LogP contribution is -2.27. The Balaban J connectivity index is 2.11. The molecule has 3 nitrogen and oxygen atoms in total. The molecule has 1 N–H and O–H groups in total. The van der Waals surface area contributed by atoms with Crippen molar-refractivity contribution < 1.29 is 9.63 Å². The van der Waals surface area contributed by atoms with Gasteiger partial charge in [-0.05, 0) is 24.3 Å². The Morgan fingerprint density at radius 1 is 0.895 bits per heavy atom. The highest BCUT2D eigenvalue weighted by molar-refractivity contribution is 6.37. The number of para-hydroxylation sites is 1. The number of halogens is 3. The first kappa shape index (κ1) is 14.0. The maximum absolute atomic E-state index is 11.9. The third kappa shape index (κ3) is 3.32. The molecular formula is C13H8Cl3NO2. The first-order valence-corrected chi connectivity index (χ1v) is 6.38. The van der Waals surface area contributed by atoms with Gasteiger partial charge in [0.05, 0.1) is 20.6 Å². The van der Waals surface area contributed by atoms with Crippen LogP contribution in [0.3, 0.4) is 0 Å². The lowest BCUT2D eigenvalue weighted by Gasteiger charge is -2.10. The van der Waals surface area contributed by atoms with Crippen LogP contribution in [-0.4, -0.2) is 5.91 Å². The fraction of sp³-hybridized carbons (Fsp3) is 0. The summed E-state index contributed by atoms with van der Waals surface area (Å²) in [6.07, 6.45) is 0. The number of hydroxylamine groups is 1. The molecule has 0 aliphatic carbocycles. The highest BCUT2D eigenvalue weighted by atomic mass is 35.5. The molecule has 0 saturated carbocycles. The van der Waals surface area contributed by atoms with E-state index in [1.165, 1.54) is 0 Å². The van der Waals surface area contributed by atoms with Crippen molar-refractivity contribution in [3.63, 3.8) is 0 Å². The average Bonchev–Trinajstić information content (AvgIpc) is 2.38. The van der Waals surface area contributed by atoms with Gasteiger partial charge in [0, 0.05) is 0 Å². The highest BCUT2D eigenvalue weighted by Crippen LogP contribution is 2.31. The number of hydrogen-bond donors (Lipinski definition) is 1. The molecule has 0 aliphatic heterocycles. The number of carbonyl (C=O) groups is 1. The van der Waals surface area contributed by atoms with Crippen LogP contribution in [0.25, 0.3) is 0 Å². The van der Waals surface area contributed by atoms with Gasteiger partial charge < -0.3 is 4.84 Å². The number of carbonyl (C=O) groups excluding carboxylic acids is 1. The monoisotopic (exact) mass is 315 g/mol. The fourth-order valence-corrected chi connectivity index (χ4v) is 2.07. The third-order valence-corrected chi connectivity index (χ3v) is 3.21. The summed E-state index contributed by atoms with van der Waals surface area (Å²) in [4.78, 5) is 17.0. The van der Waals surface area contributed by atoms with Crippen molar-refractivity contribution in [2.75, 3.05) is 0 Å². The molecule has 0 unspecified atom stereocenters. The molecule has 19 heavy (non-hydrogen) atoms. The minimum atomic E-state index is -0.485. The van der Waals surface area contributed by atoms with Crippen molar-refractivity contribution in [3.8, 4) is 5.75 Å². The van der Waals surface area contributed by atoms with E-state index in [2.05, 4.69) is 5.48 Å². The smallest absolute Gasteiger partial charge is 0.285 e. The van der Waals surface area contributed by atoms with Gasteiger partial charge in [-0.2, -0.15) is 5.48 Å². The van der Waals surface area contributed by atoms with E-state index in [0.717, 1.165) is 0 Å². The van der Waals surface area contributed by atoms with Crippen LogP contribution >= 0.6 is 34.8 Å². The van der Waals surface area contributed by atoms with E-state index < -0.39 is 5.91 Å². The Hall–Kier alpha value is -1.42. The van der Waals surface area contributed by atoms with E-state index in [9.17, 15) is 4.79 Å². The van der Waals surface area contributed by atoms with Gasteiger partial charge in [-0.15, -0.1) is 0 Å². The van der Waals surface area contributed by atoms with Crippen molar-refractivity contribution in [2.24, 2.45) is 0 Å². The molecule has 2 aromatic rings. The van der Waals surface area contributed by atoms with E-state index in [1.807, 2.05) is 0 Å². The number of nitrogens with one attached hydrogen (secondary N) is 1. The minimum absolute atomic E-state index is 0.186. The zero-order valence-electron chi connectivity index (χ0n) is 9.49. The number of benzene rings is 2. The van der Waals surface area contributed by atoms with Crippen molar-refractivity contribution in [1.82, 2.24) is 5.48 Å². The zero-order valence-corrected chi connectivity index (χ0v) is 11.8. The molecule has 98 valence electrons. The Kier molecular flexibility index (Phi) is 4.53. The third-order valence-electron chi connectivity index (χ3n) is 2.28. The van der Waals surface area contributed by atoms with Crippen LogP contribution in [-0.2, 0) is 0 Å². The summed E-state index contributed by atoms with van der Waals surface area (Å²) < 4.78 is 0. The predicted octanol–water partition coefficient (Wildman–Crippen LogP) is 4.37. The quantitative estimate of drug-likeness (QED) is 0.854. The Bertz CT molecular complexity index is 596. The van der Waals surface area contributed by atoms with Crippen LogP contribution < -0.4 is 10.3 Å². The summed E-state index contributed by atoms with van der Waals surface area (Å²) in [6, 6.07) is 11.5. The van der Waals surface area contributed by atoms with Gasteiger partial charge in [-0.1, -0.05) is 53.0 Å². The van der Waals surface area contributed by atoms with Crippen LogP contribution in [0.1, 0.15) is 10.4 Å². The molecule has 0 heterocycles. The van der Waals surface area contributed by atoms with E-state index in [4.69, 9.17) is 39.6 Å². The van der Waals surface area contributed by atoms with Crippen molar-refractivity contribution in [3.05, 3.63) is 63.1 Å². The summed E-state index contributed by atoms with van der Waals surface area (Å²) in [7, 11) is 0. The van der Waals surface area contributed by atoms with Crippen molar-refractivity contribution >= 4 is 40.7 Å². The molecule has 0 aromatic heterocycles. The molecule has 0 aliphatic rings. The predicted molar refractivity (Wildman–Crippen MR) is 76.0 cm³/mol. The lowest BCUT2D eigenvalue weighted by atomic mass is 10.2. The molecule has 0 bridgehead atoms. The molecule has 2 rings (SSSR count). The van der Waals surface area contributed by atoms with Crippen LogP contribution in [0.15, 0.2) is 42.5 Å². The maximum Gasteiger partial charge on any atom is 0.285 e. The molecule has 0 spiro atoms. The second-order valence-electron chi connectivity index (χ2n) is 3.56. The number of hydrogen-bond acceptors (Lipinski definition) is 2. The van der Waals surface area contributed by atoms with E-state index in [0.29, 0.717) is 20.6 Å². The van der Waals surface area contributed by atoms with Gasteiger partial charge >= 0.3 is 0 Å². The summed E-state index contributed by atoms with van der Waals surface area (Å²) in [5, 5.41) is 0.924. The first-order chi connectivity index (χ1) is 9.09. The molecule has 6 heteroatoms. The molecule has 0 fully saturated rings. The van der Waals surface area contributed by atoms with Gasteiger partial charge in [0.15, 0.2) is 5.75 Å². The zero-order chi connectivity index (χ0) is 13.8. The van der Waals surface area contributed by atoms with E-state index in [1.54, 1.807) is 42.5 Å². The Morgan fingerprint density at radius 2 is 1.47 bits per heavy atom.